The van der Waals surface area contributed by atoms with Crippen LogP contribution in [0.4, 0.5) is 0 Å². The van der Waals surface area contributed by atoms with Gasteiger partial charge in [-0.05, 0) is 43.4 Å². The normalized spacial score (nSPS) is 15.8. The van der Waals surface area contributed by atoms with E-state index in [0.29, 0.717) is 17.2 Å². The maximum Gasteiger partial charge on any atom is 0.260 e. The maximum absolute atomic E-state index is 12.1. The zero-order valence-corrected chi connectivity index (χ0v) is 12.6. The number of rotatable bonds is 4. The minimum absolute atomic E-state index is 0.0428. The van der Waals surface area contributed by atoms with Crippen molar-refractivity contribution in [1.29, 1.82) is 0 Å². The Hall–Kier alpha value is -2.04. The van der Waals surface area contributed by atoms with Crippen LogP contribution in [0.1, 0.15) is 35.7 Å². The number of benzene rings is 1. The average molecular weight is 290 g/mol. The minimum Gasteiger partial charge on any atom is -0.483 e. The molecule has 2 rings (SSSR count). The van der Waals surface area contributed by atoms with Crippen molar-refractivity contribution in [1.82, 2.24) is 4.90 Å². The van der Waals surface area contributed by atoms with Gasteiger partial charge in [-0.2, -0.15) is 0 Å². The van der Waals surface area contributed by atoms with Crippen LogP contribution in [-0.2, 0) is 4.79 Å². The number of hydrogen-bond acceptors (Lipinski definition) is 3. The van der Waals surface area contributed by atoms with Crippen molar-refractivity contribution in [3.8, 4) is 5.75 Å². The van der Waals surface area contributed by atoms with E-state index in [0.717, 1.165) is 31.5 Å². The van der Waals surface area contributed by atoms with E-state index in [9.17, 15) is 9.59 Å². The number of likely N-dealkylation sites (tertiary alicyclic amines) is 1. The van der Waals surface area contributed by atoms with Crippen molar-refractivity contribution < 1.29 is 14.3 Å². The van der Waals surface area contributed by atoms with Gasteiger partial charge < -0.3 is 15.4 Å². The molecule has 114 valence electrons. The van der Waals surface area contributed by atoms with E-state index in [1.807, 2.05) is 11.8 Å². The smallest absolute Gasteiger partial charge is 0.260 e. The molecule has 0 atom stereocenters. The molecule has 0 bridgehead atoms. The second kappa shape index (κ2) is 6.61. The van der Waals surface area contributed by atoms with E-state index in [4.69, 9.17) is 10.5 Å². The monoisotopic (exact) mass is 290 g/mol. The van der Waals surface area contributed by atoms with E-state index in [2.05, 4.69) is 6.92 Å². The Morgan fingerprint density at radius 3 is 2.62 bits per heavy atom. The molecule has 5 nitrogen and oxygen atoms in total. The van der Waals surface area contributed by atoms with Gasteiger partial charge in [-0.1, -0.05) is 13.0 Å². The van der Waals surface area contributed by atoms with Crippen molar-refractivity contribution in [2.24, 2.45) is 11.7 Å². The summed E-state index contributed by atoms with van der Waals surface area (Å²) in [5.41, 5.74) is 6.57. The number of nitrogens with zero attached hydrogens (tertiary/aromatic N) is 1. The molecule has 0 unspecified atom stereocenters. The van der Waals surface area contributed by atoms with Crippen LogP contribution >= 0.6 is 0 Å². The van der Waals surface area contributed by atoms with Crippen LogP contribution in [0, 0.1) is 12.8 Å². The summed E-state index contributed by atoms with van der Waals surface area (Å²) in [6.07, 6.45) is 2.06. The molecule has 0 radical (unpaired) electrons. The predicted octanol–water partition coefficient (Wildman–Crippen LogP) is 1.73. The van der Waals surface area contributed by atoms with Gasteiger partial charge in [0.25, 0.3) is 11.8 Å². The van der Waals surface area contributed by atoms with Gasteiger partial charge in [-0.15, -0.1) is 0 Å². The highest BCUT2D eigenvalue weighted by Gasteiger charge is 2.21. The Bertz CT molecular complexity index is 534. The lowest BCUT2D eigenvalue weighted by atomic mass is 9.99. The second-order valence-corrected chi connectivity index (χ2v) is 5.72. The molecule has 1 aromatic carbocycles. The van der Waals surface area contributed by atoms with E-state index < -0.39 is 5.91 Å². The first-order chi connectivity index (χ1) is 9.97. The lowest BCUT2D eigenvalue weighted by molar-refractivity contribution is -0.134. The van der Waals surface area contributed by atoms with Crippen LogP contribution in [0.25, 0.3) is 0 Å². The minimum atomic E-state index is -0.552. The number of carbonyl (C=O) groups excluding carboxylic acids is 2. The molecule has 0 spiro atoms. The summed E-state index contributed by atoms with van der Waals surface area (Å²) in [7, 11) is 0. The number of hydrogen-bond donors (Lipinski definition) is 1. The van der Waals surface area contributed by atoms with Gasteiger partial charge in [0, 0.05) is 13.1 Å². The number of primary amides is 1. The number of piperidine rings is 1. The van der Waals surface area contributed by atoms with Gasteiger partial charge in [0.05, 0.1) is 5.56 Å². The van der Waals surface area contributed by atoms with Crippen LogP contribution < -0.4 is 10.5 Å². The van der Waals surface area contributed by atoms with Crippen molar-refractivity contribution in [3.05, 3.63) is 29.3 Å². The number of nitrogens with two attached hydrogens (primary N) is 1. The molecule has 0 aromatic heterocycles. The Kier molecular flexibility index (Phi) is 4.83. The molecular formula is C16H22N2O3. The van der Waals surface area contributed by atoms with E-state index in [-0.39, 0.29) is 12.5 Å². The molecular weight excluding hydrogens is 268 g/mol. The first kappa shape index (κ1) is 15.4. The van der Waals surface area contributed by atoms with Crippen LogP contribution in [0.2, 0.25) is 0 Å². The fourth-order valence-corrected chi connectivity index (χ4v) is 2.44. The summed E-state index contributed by atoms with van der Waals surface area (Å²) in [6.45, 7) is 5.59. The summed E-state index contributed by atoms with van der Waals surface area (Å²) in [5, 5.41) is 0. The van der Waals surface area contributed by atoms with Crippen molar-refractivity contribution in [2.75, 3.05) is 19.7 Å². The zero-order chi connectivity index (χ0) is 15.4. The SMILES string of the molecule is Cc1ccc(C(N)=O)c(OCC(=O)N2CCC(C)CC2)c1. The van der Waals surface area contributed by atoms with Crippen LogP contribution in [0.3, 0.4) is 0 Å². The van der Waals surface area contributed by atoms with Gasteiger partial charge >= 0.3 is 0 Å². The predicted molar refractivity (Wildman–Crippen MR) is 80.2 cm³/mol. The summed E-state index contributed by atoms with van der Waals surface area (Å²) < 4.78 is 5.53. The summed E-state index contributed by atoms with van der Waals surface area (Å²) in [6, 6.07) is 5.15. The topological polar surface area (TPSA) is 72.6 Å². The lowest BCUT2D eigenvalue weighted by Gasteiger charge is -2.30. The number of carbonyl (C=O) groups is 2. The van der Waals surface area contributed by atoms with Crippen molar-refractivity contribution in [2.45, 2.75) is 26.7 Å². The first-order valence-electron chi connectivity index (χ1n) is 7.28. The fourth-order valence-electron chi connectivity index (χ4n) is 2.44. The Morgan fingerprint density at radius 2 is 2.00 bits per heavy atom. The Labute approximate surface area is 125 Å². The third-order valence-electron chi connectivity index (χ3n) is 3.89. The molecule has 1 aliphatic rings. The molecule has 2 N–H and O–H groups in total. The molecule has 1 saturated heterocycles. The number of amides is 2. The van der Waals surface area contributed by atoms with E-state index >= 15 is 0 Å². The fraction of sp³-hybridized carbons (Fsp3) is 0.500. The highest BCUT2D eigenvalue weighted by molar-refractivity contribution is 5.95. The summed E-state index contributed by atoms with van der Waals surface area (Å²) in [5.74, 6) is 0.456. The molecule has 0 saturated carbocycles. The number of aryl methyl sites for hydroxylation is 1. The molecule has 1 heterocycles. The van der Waals surface area contributed by atoms with Crippen LogP contribution in [0.15, 0.2) is 18.2 Å². The molecule has 21 heavy (non-hydrogen) atoms. The maximum atomic E-state index is 12.1. The quantitative estimate of drug-likeness (QED) is 0.918. The molecule has 1 aliphatic heterocycles. The van der Waals surface area contributed by atoms with Gasteiger partial charge in [-0.3, -0.25) is 9.59 Å². The molecule has 1 aromatic rings. The van der Waals surface area contributed by atoms with Gasteiger partial charge in [0.15, 0.2) is 6.61 Å². The van der Waals surface area contributed by atoms with E-state index in [1.54, 1.807) is 18.2 Å². The lowest BCUT2D eigenvalue weighted by Crippen LogP contribution is -2.40. The largest absolute Gasteiger partial charge is 0.483 e. The first-order valence-corrected chi connectivity index (χ1v) is 7.28. The highest BCUT2D eigenvalue weighted by Crippen LogP contribution is 2.21. The molecule has 1 fully saturated rings. The van der Waals surface area contributed by atoms with Crippen molar-refractivity contribution >= 4 is 11.8 Å². The van der Waals surface area contributed by atoms with Gasteiger partial charge in [-0.25, -0.2) is 0 Å². The standard InChI is InChI=1S/C16H22N2O3/c1-11-5-7-18(8-6-11)15(19)10-21-14-9-12(2)3-4-13(14)16(17)20/h3-4,9,11H,5-8,10H2,1-2H3,(H2,17,20). The van der Waals surface area contributed by atoms with E-state index in [1.165, 1.54) is 0 Å². The van der Waals surface area contributed by atoms with Crippen molar-refractivity contribution in [3.63, 3.8) is 0 Å². The Balaban J connectivity index is 1.98. The summed E-state index contributed by atoms with van der Waals surface area (Å²) >= 11 is 0. The zero-order valence-electron chi connectivity index (χ0n) is 12.6. The number of ether oxygens (including phenoxy) is 1. The average Bonchev–Trinajstić information content (AvgIpc) is 2.45. The second-order valence-electron chi connectivity index (χ2n) is 5.72. The molecule has 0 aliphatic carbocycles. The highest BCUT2D eigenvalue weighted by atomic mass is 16.5. The van der Waals surface area contributed by atoms with Gasteiger partial charge in [0.1, 0.15) is 5.75 Å². The molecule has 5 heteroatoms. The molecule has 2 amide bonds. The third kappa shape index (κ3) is 3.97. The summed E-state index contributed by atoms with van der Waals surface area (Å²) in [4.78, 5) is 25.3. The Morgan fingerprint density at radius 1 is 1.33 bits per heavy atom. The third-order valence-corrected chi connectivity index (χ3v) is 3.89. The van der Waals surface area contributed by atoms with Crippen LogP contribution in [-0.4, -0.2) is 36.4 Å². The van der Waals surface area contributed by atoms with Gasteiger partial charge in [0.2, 0.25) is 0 Å². The van der Waals surface area contributed by atoms with Crippen LogP contribution in [0.5, 0.6) is 5.75 Å².